The zero-order chi connectivity index (χ0) is 17.5. The zero-order valence-corrected chi connectivity index (χ0v) is 13.8. The summed E-state index contributed by atoms with van der Waals surface area (Å²) in [5.74, 6) is -0.315. The number of ether oxygens (including phenoxy) is 1. The van der Waals surface area contributed by atoms with Gasteiger partial charge in [0.05, 0.1) is 10.2 Å². The molecule has 6 nitrogen and oxygen atoms in total. The van der Waals surface area contributed by atoms with Crippen molar-refractivity contribution in [1.82, 2.24) is 15.3 Å². The Kier molecular flexibility index (Phi) is 4.08. The Balaban J connectivity index is 1.93. The molecule has 0 unspecified atom stereocenters. The third-order valence-corrected chi connectivity index (χ3v) is 3.98. The molecule has 0 fully saturated rings. The number of aryl methyl sites for hydroxylation is 1. The van der Waals surface area contributed by atoms with Gasteiger partial charge in [-0.25, -0.2) is 9.61 Å². The van der Waals surface area contributed by atoms with Crippen LogP contribution in [-0.2, 0) is 6.42 Å². The number of aromatic nitrogens is 3. The first-order chi connectivity index (χ1) is 11.2. The van der Waals surface area contributed by atoms with Crippen molar-refractivity contribution in [3.63, 3.8) is 0 Å². The summed E-state index contributed by atoms with van der Waals surface area (Å²) in [6, 6.07) is 4.29. The molecule has 2 aromatic heterocycles. The lowest BCUT2D eigenvalue weighted by Crippen LogP contribution is -2.17. The Morgan fingerprint density at radius 1 is 1.29 bits per heavy atom. The van der Waals surface area contributed by atoms with Crippen LogP contribution in [0.1, 0.15) is 16.8 Å². The molecule has 2 heterocycles. The van der Waals surface area contributed by atoms with Crippen molar-refractivity contribution in [2.75, 3.05) is 5.73 Å². The number of benzene rings is 1. The summed E-state index contributed by atoms with van der Waals surface area (Å²) < 4.78 is 45.6. The first-order valence-electron chi connectivity index (χ1n) is 6.66. The van der Waals surface area contributed by atoms with E-state index in [1.54, 1.807) is 6.92 Å². The number of hydrogen-bond donors (Lipinski definition) is 1. The van der Waals surface area contributed by atoms with E-state index in [4.69, 9.17) is 5.73 Å². The molecule has 0 aliphatic carbocycles. The average Bonchev–Trinajstić information content (AvgIpc) is 2.93. The van der Waals surface area contributed by atoms with E-state index < -0.39 is 6.36 Å². The Bertz CT molecular complexity index is 911. The molecule has 3 aromatic rings. The van der Waals surface area contributed by atoms with E-state index in [1.807, 2.05) is 0 Å². The van der Waals surface area contributed by atoms with Gasteiger partial charge >= 0.3 is 6.36 Å². The van der Waals surface area contributed by atoms with Gasteiger partial charge in [-0.15, -0.1) is 13.2 Å². The van der Waals surface area contributed by atoms with Crippen LogP contribution in [0, 0.1) is 6.92 Å². The maximum atomic E-state index is 12.3. The van der Waals surface area contributed by atoms with Crippen molar-refractivity contribution in [2.45, 2.75) is 19.7 Å². The number of fused-ring (bicyclic) bond motifs is 1. The minimum absolute atomic E-state index is 0.186. The van der Waals surface area contributed by atoms with Gasteiger partial charge in [-0.05, 0) is 50.9 Å². The molecule has 0 atom stereocenters. The lowest BCUT2D eigenvalue weighted by Gasteiger charge is -2.13. The molecule has 0 amide bonds. The molecule has 3 rings (SSSR count). The van der Waals surface area contributed by atoms with E-state index in [1.165, 1.54) is 18.2 Å². The first kappa shape index (κ1) is 16.5. The topological polar surface area (TPSA) is 87.1 Å². The fourth-order valence-corrected chi connectivity index (χ4v) is 2.79. The van der Waals surface area contributed by atoms with Crippen molar-refractivity contribution < 1.29 is 22.5 Å². The monoisotopic (exact) mass is 402 g/mol. The van der Waals surface area contributed by atoms with Crippen LogP contribution < -0.4 is 10.5 Å². The molecular weight excluding hydrogens is 393 g/mol. The van der Waals surface area contributed by atoms with Crippen LogP contribution in [0.25, 0.3) is 11.2 Å². The van der Waals surface area contributed by atoms with Crippen LogP contribution in [0.2, 0.25) is 0 Å². The van der Waals surface area contributed by atoms with Gasteiger partial charge in [0.15, 0.2) is 5.52 Å². The second kappa shape index (κ2) is 5.93. The Morgan fingerprint density at radius 2 is 2.04 bits per heavy atom. The largest absolute Gasteiger partial charge is 0.573 e. The zero-order valence-electron chi connectivity index (χ0n) is 12.2. The minimum atomic E-state index is -4.75. The van der Waals surface area contributed by atoms with E-state index in [-0.39, 0.29) is 10.2 Å². The second-order valence-electron chi connectivity index (χ2n) is 5.02. The van der Waals surface area contributed by atoms with Crippen LogP contribution in [0.5, 0.6) is 5.75 Å². The highest BCUT2D eigenvalue weighted by Crippen LogP contribution is 2.33. The summed E-state index contributed by atoms with van der Waals surface area (Å²) in [6.45, 7) is 1.76. The van der Waals surface area contributed by atoms with Crippen molar-refractivity contribution in [3.05, 3.63) is 39.5 Å². The second-order valence-corrected chi connectivity index (χ2v) is 5.87. The van der Waals surface area contributed by atoms with Gasteiger partial charge in [0.2, 0.25) is 5.65 Å². The summed E-state index contributed by atoms with van der Waals surface area (Å²) in [6.07, 6.45) is -4.39. The lowest BCUT2D eigenvalue weighted by molar-refractivity contribution is -0.274. The van der Waals surface area contributed by atoms with Crippen LogP contribution in [0.3, 0.4) is 0 Å². The van der Waals surface area contributed by atoms with Gasteiger partial charge in [-0.1, -0.05) is 6.07 Å². The maximum absolute atomic E-state index is 12.3. The molecule has 0 radical (unpaired) electrons. The van der Waals surface area contributed by atoms with Gasteiger partial charge in [-0.3, -0.25) is 0 Å². The Labute approximate surface area is 141 Å². The Morgan fingerprint density at radius 3 is 2.71 bits per heavy atom. The quantitative estimate of drug-likeness (QED) is 0.717. The molecule has 0 aliphatic heterocycles. The number of nitrogen functional groups attached to an aromatic ring is 1. The van der Waals surface area contributed by atoms with Crippen molar-refractivity contribution in [2.24, 2.45) is 0 Å². The van der Waals surface area contributed by atoms with Crippen LogP contribution >= 0.6 is 15.9 Å². The van der Waals surface area contributed by atoms with Crippen LogP contribution in [0.15, 0.2) is 27.3 Å². The van der Waals surface area contributed by atoms with E-state index in [0.29, 0.717) is 34.5 Å². The number of halogens is 4. The van der Waals surface area contributed by atoms with Gasteiger partial charge in [-0.2, -0.15) is 0 Å². The van der Waals surface area contributed by atoms with E-state index in [2.05, 4.69) is 40.6 Å². The number of hydrogen-bond acceptors (Lipinski definition) is 6. The highest BCUT2D eigenvalue weighted by Gasteiger charge is 2.32. The van der Waals surface area contributed by atoms with Crippen LogP contribution in [0.4, 0.5) is 18.9 Å². The molecule has 0 bridgehead atoms. The number of anilines is 1. The molecule has 0 aliphatic rings. The molecule has 0 saturated carbocycles. The van der Waals surface area contributed by atoms with E-state index in [9.17, 15) is 13.2 Å². The number of alkyl halides is 3. The number of pyridine rings is 1. The molecule has 1 aromatic carbocycles. The van der Waals surface area contributed by atoms with Crippen molar-refractivity contribution in [1.29, 1.82) is 0 Å². The fourth-order valence-electron chi connectivity index (χ4n) is 2.28. The fraction of sp³-hybridized carbons (Fsp3) is 0.214. The number of rotatable bonds is 3. The molecule has 2 N–H and O–H groups in total. The third kappa shape index (κ3) is 3.28. The molecule has 126 valence electrons. The average molecular weight is 403 g/mol. The summed E-state index contributed by atoms with van der Waals surface area (Å²) in [4.78, 5) is 4.25. The van der Waals surface area contributed by atoms with Gasteiger partial charge < -0.3 is 10.5 Å². The first-order valence-corrected chi connectivity index (χ1v) is 7.45. The highest BCUT2D eigenvalue weighted by molar-refractivity contribution is 9.10. The number of nitrogens with two attached hydrogens (primary N) is 1. The normalized spacial score (nSPS) is 11.9. The number of nitrogens with zero attached hydrogens (tertiary/aromatic N) is 3. The summed E-state index contributed by atoms with van der Waals surface area (Å²) in [5, 5.41) is 7.35. The predicted molar refractivity (Wildman–Crippen MR) is 82.4 cm³/mol. The van der Waals surface area contributed by atoms with Crippen molar-refractivity contribution >= 4 is 32.8 Å². The van der Waals surface area contributed by atoms with Gasteiger partial charge in [0.1, 0.15) is 5.75 Å². The standard InChI is InChI=1S/C14H10BrF3N4O2/c1-6-8(11(19)12-13(20-6)22-24-21-12)4-7-2-3-10(9(15)5-7)23-14(16,17)18/h2-3,5H,4,19H2,1H3. The Hall–Kier alpha value is -2.36. The van der Waals surface area contributed by atoms with E-state index >= 15 is 0 Å². The van der Waals surface area contributed by atoms with Gasteiger partial charge in [0.25, 0.3) is 0 Å². The summed E-state index contributed by atoms with van der Waals surface area (Å²) in [5.41, 5.74) is 9.19. The smallest absolute Gasteiger partial charge is 0.405 e. The minimum Gasteiger partial charge on any atom is -0.405 e. The van der Waals surface area contributed by atoms with Gasteiger partial charge in [0, 0.05) is 17.7 Å². The maximum Gasteiger partial charge on any atom is 0.573 e. The molecule has 10 heteroatoms. The third-order valence-electron chi connectivity index (χ3n) is 3.36. The lowest BCUT2D eigenvalue weighted by atomic mass is 10.0. The van der Waals surface area contributed by atoms with Crippen LogP contribution in [-0.4, -0.2) is 21.7 Å². The summed E-state index contributed by atoms with van der Waals surface area (Å²) in [7, 11) is 0. The molecule has 0 spiro atoms. The highest BCUT2D eigenvalue weighted by atomic mass is 79.9. The summed E-state index contributed by atoms with van der Waals surface area (Å²) >= 11 is 3.07. The SMILES string of the molecule is Cc1nc2nonc2c(N)c1Cc1ccc(OC(F)(F)F)c(Br)c1. The molecule has 24 heavy (non-hydrogen) atoms. The molecule has 0 saturated heterocycles. The van der Waals surface area contributed by atoms with Crippen molar-refractivity contribution in [3.8, 4) is 5.75 Å². The predicted octanol–water partition coefficient (Wildman–Crippen LogP) is 3.76. The molecular formula is C14H10BrF3N4O2. The van der Waals surface area contributed by atoms with E-state index in [0.717, 1.165) is 5.56 Å².